The van der Waals surface area contributed by atoms with E-state index in [-0.39, 0.29) is 22.8 Å². The maximum atomic E-state index is 12.3. The zero-order chi connectivity index (χ0) is 19.6. The van der Waals surface area contributed by atoms with Gasteiger partial charge in [0.15, 0.2) is 23.2 Å². The molecule has 1 aromatic rings. The quantitative estimate of drug-likeness (QED) is 0.416. The van der Waals surface area contributed by atoms with E-state index in [1.807, 2.05) is 0 Å². The van der Waals surface area contributed by atoms with Gasteiger partial charge in [0.25, 0.3) is 0 Å². The number of carbonyl (C=O) groups excluding carboxylic acids is 1. The van der Waals surface area contributed by atoms with Gasteiger partial charge >= 0.3 is 11.9 Å². The molecule has 26 heavy (non-hydrogen) atoms. The van der Waals surface area contributed by atoms with Crippen LogP contribution in [0.1, 0.15) is 23.2 Å². The first kappa shape index (κ1) is 19.8. The van der Waals surface area contributed by atoms with Crippen molar-refractivity contribution in [2.24, 2.45) is 0 Å². The van der Waals surface area contributed by atoms with Crippen molar-refractivity contribution in [1.82, 2.24) is 0 Å². The van der Waals surface area contributed by atoms with Gasteiger partial charge in [0.05, 0.1) is 32.0 Å². The minimum atomic E-state index is -2.31. The number of phenolic OH excluding ortho intramolecular Hbond substituents is 1. The highest BCUT2D eigenvalue weighted by molar-refractivity contribution is 5.91. The Labute approximate surface area is 148 Å². The molecule has 0 saturated heterocycles. The van der Waals surface area contributed by atoms with Crippen molar-refractivity contribution in [3.05, 3.63) is 17.7 Å². The molecule has 1 saturated carbocycles. The molecule has 0 amide bonds. The van der Waals surface area contributed by atoms with E-state index in [1.165, 1.54) is 26.4 Å². The van der Waals surface area contributed by atoms with E-state index in [0.717, 1.165) is 0 Å². The first-order valence-electron chi connectivity index (χ1n) is 7.61. The number of esters is 1. The fourth-order valence-electron chi connectivity index (χ4n) is 2.80. The minimum absolute atomic E-state index is 0.0544. The van der Waals surface area contributed by atoms with E-state index in [0.29, 0.717) is 0 Å². The van der Waals surface area contributed by atoms with Crippen LogP contribution in [0, 0.1) is 0 Å². The van der Waals surface area contributed by atoms with Crippen LogP contribution in [0.2, 0.25) is 0 Å². The lowest BCUT2D eigenvalue weighted by Gasteiger charge is -2.39. The maximum Gasteiger partial charge on any atom is 0.338 e. The molecule has 0 bridgehead atoms. The maximum absolute atomic E-state index is 12.3. The summed E-state index contributed by atoms with van der Waals surface area (Å²) in [6.45, 7) is 0. The molecule has 2 rings (SSSR count). The van der Waals surface area contributed by atoms with E-state index in [2.05, 4.69) is 0 Å². The molecule has 2 atom stereocenters. The predicted octanol–water partition coefficient (Wildman–Crippen LogP) is -0.734. The van der Waals surface area contributed by atoms with E-state index in [9.17, 15) is 30.0 Å². The average Bonchev–Trinajstić information content (AvgIpc) is 2.58. The summed E-state index contributed by atoms with van der Waals surface area (Å²) in [5.74, 6) is -2.99. The molecule has 1 aliphatic carbocycles. The standard InChI is InChI=1S/C16H20O10/c1-24-10-3-7(4-11(25-2)12(10)19)14(20)26-13-8(17)5-16(23,15(21)22)6-9(13)18/h3-4,8-9,13,17-19,23H,5-6H2,1-2H3,(H,21,22)/t8-,9-,13?,16?/m1/s1. The van der Waals surface area contributed by atoms with Crippen LogP contribution in [0.3, 0.4) is 0 Å². The fraction of sp³-hybridized carbons (Fsp3) is 0.500. The summed E-state index contributed by atoms with van der Waals surface area (Å²) < 4.78 is 14.9. The number of hydrogen-bond acceptors (Lipinski definition) is 9. The van der Waals surface area contributed by atoms with Gasteiger partial charge in [0.1, 0.15) is 0 Å². The highest BCUT2D eigenvalue weighted by Crippen LogP contribution is 2.38. The number of benzene rings is 1. The van der Waals surface area contributed by atoms with Gasteiger partial charge in [0.2, 0.25) is 5.75 Å². The molecule has 0 aromatic heterocycles. The highest BCUT2D eigenvalue weighted by Gasteiger charge is 2.50. The highest BCUT2D eigenvalue weighted by atomic mass is 16.6. The second-order valence-corrected chi connectivity index (χ2v) is 5.98. The summed E-state index contributed by atoms with van der Waals surface area (Å²) in [5, 5.41) is 48.8. The molecular weight excluding hydrogens is 352 g/mol. The summed E-state index contributed by atoms with van der Waals surface area (Å²) >= 11 is 0. The average molecular weight is 372 g/mol. The Bertz CT molecular complexity index is 663. The second-order valence-electron chi connectivity index (χ2n) is 5.98. The number of carbonyl (C=O) groups is 2. The van der Waals surface area contributed by atoms with Gasteiger partial charge in [0, 0.05) is 12.8 Å². The number of aliphatic carboxylic acids is 1. The van der Waals surface area contributed by atoms with Crippen LogP contribution in [0.4, 0.5) is 0 Å². The zero-order valence-electron chi connectivity index (χ0n) is 14.1. The number of carboxylic acid groups (broad SMARTS) is 1. The lowest BCUT2D eigenvalue weighted by Crippen LogP contribution is -2.57. The Kier molecular flexibility index (Phi) is 5.59. The third-order valence-electron chi connectivity index (χ3n) is 4.21. The Morgan fingerprint density at radius 2 is 1.54 bits per heavy atom. The predicted molar refractivity (Wildman–Crippen MR) is 84.2 cm³/mol. The van der Waals surface area contributed by atoms with Gasteiger partial charge in [-0.05, 0) is 12.1 Å². The van der Waals surface area contributed by atoms with Crippen molar-refractivity contribution in [2.45, 2.75) is 36.8 Å². The number of phenols is 1. The minimum Gasteiger partial charge on any atom is -0.502 e. The van der Waals surface area contributed by atoms with Gasteiger partial charge in [-0.1, -0.05) is 0 Å². The molecule has 1 aliphatic rings. The molecule has 0 radical (unpaired) electrons. The van der Waals surface area contributed by atoms with Crippen LogP contribution in [-0.4, -0.2) is 75.6 Å². The number of methoxy groups -OCH3 is 2. The Morgan fingerprint density at radius 1 is 1.08 bits per heavy atom. The largest absolute Gasteiger partial charge is 0.502 e. The van der Waals surface area contributed by atoms with Crippen LogP contribution in [0.15, 0.2) is 12.1 Å². The van der Waals surface area contributed by atoms with Crippen molar-refractivity contribution < 1.29 is 49.3 Å². The molecule has 0 spiro atoms. The van der Waals surface area contributed by atoms with Crippen LogP contribution in [0.25, 0.3) is 0 Å². The molecule has 1 aromatic carbocycles. The van der Waals surface area contributed by atoms with Crippen LogP contribution < -0.4 is 9.47 Å². The molecule has 10 heteroatoms. The van der Waals surface area contributed by atoms with Gasteiger partial charge in [-0.2, -0.15) is 0 Å². The monoisotopic (exact) mass is 372 g/mol. The van der Waals surface area contributed by atoms with Crippen molar-refractivity contribution in [3.8, 4) is 17.2 Å². The van der Waals surface area contributed by atoms with Gasteiger partial charge < -0.3 is 39.7 Å². The third kappa shape index (κ3) is 3.66. The molecular formula is C16H20O10. The van der Waals surface area contributed by atoms with Gasteiger partial charge in [-0.3, -0.25) is 0 Å². The summed E-state index contributed by atoms with van der Waals surface area (Å²) in [7, 11) is 2.54. The normalized spacial score (nSPS) is 28.3. The third-order valence-corrected chi connectivity index (χ3v) is 4.21. The number of aliphatic hydroxyl groups is 3. The first-order chi connectivity index (χ1) is 12.1. The van der Waals surface area contributed by atoms with Crippen LogP contribution >= 0.6 is 0 Å². The Hall–Kier alpha value is -2.56. The van der Waals surface area contributed by atoms with Crippen molar-refractivity contribution in [2.75, 3.05) is 14.2 Å². The summed E-state index contributed by atoms with van der Waals surface area (Å²) in [5.41, 5.74) is -2.40. The molecule has 0 heterocycles. The molecule has 1 fully saturated rings. The van der Waals surface area contributed by atoms with Crippen molar-refractivity contribution >= 4 is 11.9 Å². The number of hydrogen-bond donors (Lipinski definition) is 5. The first-order valence-corrected chi connectivity index (χ1v) is 7.61. The Balaban J connectivity index is 2.21. The van der Waals surface area contributed by atoms with E-state index >= 15 is 0 Å². The van der Waals surface area contributed by atoms with Crippen LogP contribution in [-0.2, 0) is 9.53 Å². The molecule has 5 N–H and O–H groups in total. The lowest BCUT2D eigenvalue weighted by atomic mass is 9.79. The topological polar surface area (TPSA) is 163 Å². The van der Waals surface area contributed by atoms with Crippen molar-refractivity contribution in [3.63, 3.8) is 0 Å². The van der Waals surface area contributed by atoms with Gasteiger partial charge in [-0.15, -0.1) is 0 Å². The SMILES string of the molecule is COc1cc(C(=O)OC2[C@H](O)CC(O)(C(=O)O)C[C@H]2O)cc(OC)c1O. The smallest absolute Gasteiger partial charge is 0.338 e. The molecule has 144 valence electrons. The van der Waals surface area contributed by atoms with Crippen molar-refractivity contribution in [1.29, 1.82) is 0 Å². The number of aromatic hydroxyl groups is 1. The number of ether oxygens (including phenoxy) is 3. The van der Waals surface area contributed by atoms with E-state index < -0.39 is 48.7 Å². The number of aliphatic hydroxyl groups excluding tert-OH is 2. The lowest BCUT2D eigenvalue weighted by molar-refractivity contribution is -0.187. The summed E-state index contributed by atoms with van der Waals surface area (Å²) in [6, 6.07) is 2.35. The fourth-order valence-corrected chi connectivity index (χ4v) is 2.80. The summed E-state index contributed by atoms with van der Waals surface area (Å²) in [4.78, 5) is 23.4. The van der Waals surface area contributed by atoms with E-state index in [1.54, 1.807) is 0 Å². The number of carboxylic acids is 1. The molecule has 0 unspecified atom stereocenters. The Morgan fingerprint density at radius 3 is 1.92 bits per heavy atom. The second kappa shape index (κ2) is 7.36. The molecule has 0 aliphatic heterocycles. The summed E-state index contributed by atoms with van der Waals surface area (Å²) in [6.07, 6.45) is -5.85. The van der Waals surface area contributed by atoms with Crippen LogP contribution in [0.5, 0.6) is 17.2 Å². The zero-order valence-corrected chi connectivity index (χ0v) is 14.1. The molecule has 10 nitrogen and oxygen atoms in total. The van der Waals surface area contributed by atoms with Gasteiger partial charge in [-0.25, -0.2) is 9.59 Å². The van der Waals surface area contributed by atoms with E-state index in [4.69, 9.17) is 19.3 Å². The number of rotatable bonds is 5.